The van der Waals surface area contributed by atoms with Crippen LogP contribution < -0.4 is 0 Å². The summed E-state index contributed by atoms with van der Waals surface area (Å²) in [6.07, 6.45) is 3.60. The van der Waals surface area contributed by atoms with Crippen molar-refractivity contribution in [1.82, 2.24) is 19.5 Å². The minimum atomic E-state index is 0.361. The molecule has 0 aliphatic carbocycles. The Morgan fingerprint density at radius 2 is 2.14 bits per heavy atom. The summed E-state index contributed by atoms with van der Waals surface area (Å²) in [4.78, 5) is 13.0. The molecule has 4 heteroatoms. The SMILES string of the molecule is CCn1cnc2cnc(C(C)C)nc21. The molecule has 0 aliphatic heterocycles. The van der Waals surface area contributed by atoms with Crippen LogP contribution in [0, 0.1) is 0 Å². The van der Waals surface area contributed by atoms with E-state index in [1.165, 1.54) is 0 Å². The third-order valence-corrected chi connectivity index (χ3v) is 2.23. The van der Waals surface area contributed by atoms with E-state index in [4.69, 9.17) is 0 Å². The second kappa shape index (κ2) is 3.36. The van der Waals surface area contributed by atoms with Crippen LogP contribution >= 0.6 is 0 Å². The topological polar surface area (TPSA) is 43.6 Å². The highest BCUT2D eigenvalue weighted by molar-refractivity contribution is 5.69. The summed E-state index contributed by atoms with van der Waals surface area (Å²) < 4.78 is 2.03. The highest BCUT2D eigenvalue weighted by Gasteiger charge is 2.07. The number of rotatable bonds is 2. The van der Waals surface area contributed by atoms with Crippen molar-refractivity contribution in [3.63, 3.8) is 0 Å². The molecular formula is C10H14N4. The van der Waals surface area contributed by atoms with Crippen LogP contribution in [0.2, 0.25) is 0 Å². The Bertz CT molecular complexity index is 444. The Balaban J connectivity index is 2.61. The molecule has 0 fully saturated rings. The van der Waals surface area contributed by atoms with Crippen LogP contribution in [0.15, 0.2) is 12.5 Å². The Labute approximate surface area is 83.0 Å². The maximum atomic E-state index is 4.49. The summed E-state index contributed by atoms with van der Waals surface area (Å²) in [5.41, 5.74) is 1.81. The molecule has 74 valence electrons. The van der Waals surface area contributed by atoms with Crippen molar-refractivity contribution in [2.45, 2.75) is 33.2 Å². The van der Waals surface area contributed by atoms with Gasteiger partial charge in [-0.3, -0.25) is 0 Å². The largest absolute Gasteiger partial charge is 0.315 e. The number of nitrogens with zero attached hydrogens (tertiary/aromatic N) is 4. The second-order valence-electron chi connectivity index (χ2n) is 3.62. The van der Waals surface area contributed by atoms with E-state index in [0.717, 1.165) is 23.5 Å². The molecule has 2 heterocycles. The van der Waals surface area contributed by atoms with Crippen LogP contribution in [0.3, 0.4) is 0 Å². The third-order valence-electron chi connectivity index (χ3n) is 2.23. The van der Waals surface area contributed by atoms with Crippen LogP contribution in [0.5, 0.6) is 0 Å². The van der Waals surface area contributed by atoms with Gasteiger partial charge in [-0.1, -0.05) is 13.8 Å². The molecule has 0 aromatic carbocycles. The van der Waals surface area contributed by atoms with Crippen LogP contribution in [-0.2, 0) is 6.54 Å². The van der Waals surface area contributed by atoms with Crippen molar-refractivity contribution >= 4 is 11.2 Å². The van der Waals surface area contributed by atoms with Gasteiger partial charge in [0.1, 0.15) is 11.3 Å². The van der Waals surface area contributed by atoms with Crippen molar-refractivity contribution < 1.29 is 0 Å². The van der Waals surface area contributed by atoms with Gasteiger partial charge in [0.15, 0.2) is 5.65 Å². The number of hydrogen-bond donors (Lipinski definition) is 0. The Morgan fingerprint density at radius 3 is 2.79 bits per heavy atom. The average Bonchev–Trinajstić information content (AvgIpc) is 2.59. The minimum absolute atomic E-state index is 0.361. The molecule has 4 nitrogen and oxygen atoms in total. The normalized spacial score (nSPS) is 11.4. The zero-order valence-electron chi connectivity index (χ0n) is 8.73. The molecule has 2 rings (SSSR count). The van der Waals surface area contributed by atoms with E-state index < -0.39 is 0 Å². The van der Waals surface area contributed by atoms with Gasteiger partial charge in [-0.05, 0) is 6.92 Å². The summed E-state index contributed by atoms with van der Waals surface area (Å²) in [7, 11) is 0. The summed E-state index contributed by atoms with van der Waals surface area (Å²) >= 11 is 0. The Hall–Kier alpha value is -1.45. The van der Waals surface area contributed by atoms with Gasteiger partial charge in [0.2, 0.25) is 0 Å². The van der Waals surface area contributed by atoms with Gasteiger partial charge >= 0.3 is 0 Å². The third kappa shape index (κ3) is 1.36. The van der Waals surface area contributed by atoms with Crippen molar-refractivity contribution in [1.29, 1.82) is 0 Å². The zero-order chi connectivity index (χ0) is 10.1. The fraction of sp³-hybridized carbons (Fsp3) is 0.500. The molecule has 0 radical (unpaired) electrons. The lowest BCUT2D eigenvalue weighted by atomic mass is 10.2. The van der Waals surface area contributed by atoms with Gasteiger partial charge in [0.05, 0.1) is 12.5 Å². The van der Waals surface area contributed by atoms with E-state index in [2.05, 4.69) is 35.7 Å². The van der Waals surface area contributed by atoms with Gasteiger partial charge in [-0.15, -0.1) is 0 Å². The summed E-state index contributed by atoms with van der Waals surface area (Å²) in [5.74, 6) is 1.24. The molecule has 0 spiro atoms. The van der Waals surface area contributed by atoms with Gasteiger partial charge in [-0.25, -0.2) is 15.0 Å². The first-order valence-corrected chi connectivity index (χ1v) is 4.90. The summed E-state index contributed by atoms with van der Waals surface area (Å²) in [5, 5.41) is 0. The highest BCUT2D eigenvalue weighted by Crippen LogP contribution is 2.13. The Morgan fingerprint density at radius 1 is 1.36 bits per heavy atom. The molecule has 0 unspecified atom stereocenters. The van der Waals surface area contributed by atoms with Crippen molar-refractivity contribution in [3.05, 3.63) is 18.3 Å². The van der Waals surface area contributed by atoms with Gasteiger partial charge in [0.25, 0.3) is 0 Å². The van der Waals surface area contributed by atoms with Gasteiger partial charge in [0, 0.05) is 12.5 Å². The predicted octanol–water partition coefficient (Wildman–Crippen LogP) is 1.97. The predicted molar refractivity (Wildman–Crippen MR) is 55.1 cm³/mol. The molecule has 0 saturated carbocycles. The molecule has 0 N–H and O–H groups in total. The minimum Gasteiger partial charge on any atom is -0.315 e. The van der Waals surface area contributed by atoms with Crippen molar-refractivity contribution in [3.8, 4) is 0 Å². The first-order chi connectivity index (χ1) is 6.72. The standard InChI is InChI=1S/C10H14N4/c1-4-14-6-12-8-5-11-9(7(2)3)13-10(8)14/h5-7H,4H2,1-3H3. The molecule has 2 aromatic heterocycles. The van der Waals surface area contributed by atoms with E-state index in [1.807, 2.05) is 10.9 Å². The molecular weight excluding hydrogens is 176 g/mol. The highest BCUT2D eigenvalue weighted by atomic mass is 15.1. The number of hydrogen-bond acceptors (Lipinski definition) is 3. The summed E-state index contributed by atoms with van der Waals surface area (Å²) in [6, 6.07) is 0. The average molecular weight is 190 g/mol. The Kier molecular flexibility index (Phi) is 2.19. The second-order valence-corrected chi connectivity index (χ2v) is 3.62. The lowest BCUT2D eigenvalue weighted by Gasteiger charge is -2.03. The lowest BCUT2D eigenvalue weighted by Crippen LogP contribution is -2.00. The quantitative estimate of drug-likeness (QED) is 0.727. The molecule has 0 atom stereocenters. The van der Waals surface area contributed by atoms with Crippen LogP contribution in [-0.4, -0.2) is 19.5 Å². The molecule has 2 aromatic rings. The number of aryl methyl sites for hydroxylation is 1. The van der Waals surface area contributed by atoms with Crippen molar-refractivity contribution in [2.24, 2.45) is 0 Å². The number of imidazole rings is 1. The van der Waals surface area contributed by atoms with Crippen LogP contribution in [0.1, 0.15) is 32.5 Å². The van der Waals surface area contributed by atoms with Gasteiger partial charge in [-0.2, -0.15) is 0 Å². The smallest absolute Gasteiger partial charge is 0.163 e. The molecule has 14 heavy (non-hydrogen) atoms. The lowest BCUT2D eigenvalue weighted by molar-refractivity contribution is 0.749. The fourth-order valence-corrected chi connectivity index (χ4v) is 1.38. The molecule has 0 amide bonds. The van der Waals surface area contributed by atoms with Crippen LogP contribution in [0.25, 0.3) is 11.2 Å². The maximum absolute atomic E-state index is 4.49. The fourth-order valence-electron chi connectivity index (χ4n) is 1.38. The van der Waals surface area contributed by atoms with E-state index in [-0.39, 0.29) is 0 Å². The first kappa shape index (κ1) is 9.12. The number of aromatic nitrogens is 4. The van der Waals surface area contributed by atoms with Crippen molar-refractivity contribution in [2.75, 3.05) is 0 Å². The maximum Gasteiger partial charge on any atom is 0.163 e. The molecule has 0 bridgehead atoms. The van der Waals surface area contributed by atoms with E-state index in [0.29, 0.717) is 5.92 Å². The first-order valence-electron chi connectivity index (χ1n) is 4.90. The van der Waals surface area contributed by atoms with Crippen LogP contribution in [0.4, 0.5) is 0 Å². The zero-order valence-corrected chi connectivity index (χ0v) is 8.73. The monoisotopic (exact) mass is 190 g/mol. The van der Waals surface area contributed by atoms with E-state index in [1.54, 1.807) is 6.20 Å². The number of fused-ring (bicyclic) bond motifs is 1. The van der Waals surface area contributed by atoms with Gasteiger partial charge < -0.3 is 4.57 Å². The molecule has 0 saturated heterocycles. The van der Waals surface area contributed by atoms with E-state index in [9.17, 15) is 0 Å². The van der Waals surface area contributed by atoms with E-state index >= 15 is 0 Å². The molecule has 0 aliphatic rings. The summed E-state index contributed by atoms with van der Waals surface area (Å²) in [6.45, 7) is 7.16.